The molecule has 1 aliphatic rings. The second kappa shape index (κ2) is 5.68. The number of oxime groups is 1. The normalized spacial score (nSPS) is 16.2. The lowest BCUT2D eigenvalue weighted by molar-refractivity contribution is 0.152. The summed E-state index contributed by atoms with van der Waals surface area (Å²) in [5, 5.41) is 37.6. The molecule has 1 aromatic rings. The molecule has 1 unspecified atom stereocenters. The Morgan fingerprint density at radius 1 is 1.41 bits per heavy atom. The number of benzene rings is 1. The Hall–Kier alpha value is -3.17. The molecule has 0 aliphatic heterocycles. The zero-order valence-electron chi connectivity index (χ0n) is 10.9. The molecule has 2 rings (SSSR count). The number of amidine groups is 2. The fourth-order valence-corrected chi connectivity index (χ4v) is 2.20. The molecule has 1 atom stereocenters. The Bertz CT molecular complexity index is 717. The van der Waals surface area contributed by atoms with E-state index < -0.39 is 35.3 Å². The summed E-state index contributed by atoms with van der Waals surface area (Å²) in [4.78, 5) is 22.2. The highest BCUT2D eigenvalue weighted by Crippen LogP contribution is 2.38. The van der Waals surface area contributed by atoms with Crippen molar-refractivity contribution in [2.75, 3.05) is 0 Å². The first-order valence-electron chi connectivity index (χ1n) is 5.94. The number of hydrogen-bond donors (Lipinski definition) is 4. The van der Waals surface area contributed by atoms with Crippen LogP contribution in [-0.2, 0) is 6.42 Å². The van der Waals surface area contributed by atoms with Crippen LogP contribution < -0.4 is 0 Å². The van der Waals surface area contributed by atoms with Gasteiger partial charge in [-0.1, -0.05) is 11.2 Å². The predicted molar refractivity (Wildman–Crippen MR) is 73.2 cm³/mol. The minimum Gasteiger partial charge on any atom is -0.465 e. The van der Waals surface area contributed by atoms with E-state index in [2.05, 4.69) is 10.3 Å². The quantitative estimate of drug-likeness (QED) is 0.222. The van der Waals surface area contributed by atoms with Gasteiger partial charge in [0.25, 0.3) is 5.84 Å². The number of amides is 1. The van der Waals surface area contributed by atoms with E-state index in [0.717, 1.165) is 11.6 Å². The van der Waals surface area contributed by atoms with Crippen LogP contribution in [0.4, 0.5) is 9.18 Å². The van der Waals surface area contributed by atoms with Gasteiger partial charge in [-0.25, -0.2) is 9.18 Å². The second-order valence-electron chi connectivity index (χ2n) is 4.45. The van der Waals surface area contributed by atoms with Gasteiger partial charge in [-0.2, -0.15) is 0 Å². The first kappa shape index (κ1) is 15.2. The van der Waals surface area contributed by atoms with Crippen LogP contribution in [0.15, 0.2) is 28.5 Å². The molecule has 1 aliphatic carbocycles. The molecular formula is C12H10FN5O4. The first-order chi connectivity index (χ1) is 10.4. The van der Waals surface area contributed by atoms with Gasteiger partial charge in [0.15, 0.2) is 5.84 Å². The lowest BCUT2D eigenvalue weighted by atomic mass is 9.82. The monoisotopic (exact) mass is 307 g/mol. The van der Waals surface area contributed by atoms with E-state index in [4.69, 9.17) is 16.0 Å². The van der Waals surface area contributed by atoms with Gasteiger partial charge in [0.1, 0.15) is 11.5 Å². The summed E-state index contributed by atoms with van der Waals surface area (Å²) in [5.74, 6) is -2.46. The van der Waals surface area contributed by atoms with Crippen LogP contribution in [-0.4, -0.2) is 38.7 Å². The predicted octanol–water partition coefficient (Wildman–Crippen LogP) is 1.95. The van der Waals surface area contributed by atoms with Gasteiger partial charge in [0, 0.05) is 0 Å². The Morgan fingerprint density at radius 3 is 2.64 bits per heavy atom. The molecule has 0 fully saturated rings. The van der Waals surface area contributed by atoms with Crippen LogP contribution in [0, 0.1) is 21.5 Å². The number of carboxylic acid groups (broad SMARTS) is 1. The van der Waals surface area contributed by atoms with Crippen molar-refractivity contribution in [2.24, 2.45) is 10.3 Å². The first-order valence-corrected chi connectivity index (χ1v) is 5.94. The summed E-state index contributed by atoms with van der Waals surface area (Å²) >= 11 is 0. The largest absolute Gasteiger partial charge is 0.465 e. The van der Waals surface area contributed by atoms with Crippen LogP contribution in [0.25, 0.3) is 0 Å². The minimum absolute atomic E-state index is 0.234. The molecule has 0 bridgehead atoms. The van der Waals surface area contributed by atoms with E-state index in [9.17, 15) is 19.2 Å². The summed E-state index contributed by atoms with van der Waals surface area (Å²) in [5.41, 5.74) is 0.146. The third-order valence-corrected chi connectivity index (χ3v) is 3.28. The number of hydrogen-bond acceptors (Lipinski definition) is 6. The second-order valence-corrected chi connectivity index (χ2v) is 4.45. The van der Waals surface area contributed by atoms with Crippen molar-refractivity contribution in [1.29, 1.82) is 10.8 Å². The molecule has 0 spiro atoms. The number of fused-ring (bicyclic) bond motifs is 1. The summed E-state index contributed by atoms with van der Waals surface area (Å²) in [7, 11) is 0. The fraction of sp³-hybridized carbons (Fsp3) is 0.167. The maximum atomic E-state index is 13.2. The van der Waals surface area contributed by atoms with Gasteiger partial charge >= 0.3 is 6.09 Å². The third-order valence-electron chi connectivity index (χ3n) is 3.28. The highest BCUT2D eigenvalue weighted by Gasteiger charge is 2.39. The van der Waals surface area contributed by atoms with Gasteiger partial charge in [-0.05, 0) is 34.9 Å². The van der Waals surface area contributed by atoms with Crippen LogP contribution in [0.1, 0.15) is 17.2 Å². The van der Waals surface area contributed by atoms with Crippen molar-refractivity contribution in [3.63, 3.8) is 0 Å². The molecule has 114 valence electrons. The molecular weight excluding hydrogens is 297 g/mol. The molecule has 1 aromatic carbocycles. The number of carbonyl (C=O) groups is 1. The lowest BCUT2D eigenvalue weighted by Crippen LogP contribution is -2.47. The van der Waals surface area contributed by atoms with Crippen LogP contribution in [0.2, 0.25) is 0 Å². The van der Waals surface area contributed by atoms with E-state index in [1.165, 1.54) is 12.1 Å². The summed E-state index contributed by atoms with van der Waals surface area (Å²) in [6.07, 6.45) is -1.32. The van der Waals surface area contributed by atoms with Crippen molar-refractivity contribution in [2.45, 2.75) is 12.5 Å². The molecule has 4 N–H and O–H groups in total. The molecule has 1 amide bonds. The highest BCUT2D eigenvalue weighted by atomic mass is 19.1. The zero-order valence-corrected chi connectivity index (χ0v) is 10.9. The minimum atomic E-state index is -1.56. The molecule has 0 saturated carbocycles. The number of nitrogens with zero attached hydrogens (tertiary/aromatic N) is 3. The van der Waals surface area contributed by atoms with E-state index in [1.807, 2.05) is 0 Å². The Kier molecular flexibility index (Phi) is 3.93. The van der Waals surface area contributed by atoms with Crippen molar-refractivity contribution < 1.29 is 19.5 Å². The maximum absolute atomic E-state index is 13.2. The molecule has 0 saturated heterocycles. The SMILES string of the molecule is N=C(C(=N)N(C(=O)O)C1Cc2ccc(F)cc21)C(N=O)=NO. The fourth-order valence-electron chi connectivity index (χ4n) is 2.20. The standard InChI is InChI=1S/C12H10FN5O4/c13-6-2-1-5-3-8(7(5)4-6)18(12(19)20)10(15)9(14)11(16-21)17-22/h1-2,4,8,14-15,21H,3H2,(H,19,20). The summed E-state index contributed by atoms with van der Waals surface area (Å²) in [6, 6.07) is 3.03. The van der Waals surface area contributed by atoms with E-state index in [-0.39, 0.29) is 6.42 Å². The molecule has 22 heavy (non-hydrogen) atoms. The average molecular weight is 307 g/mol. The maximum Gasteiger partial charge on any atom is 0.413 e. The lowest BCUT2D eigenvalue weighted by Gasteiger charge is -2.37. The third kappa shape index (κ3) is 2.41. The van der Waals surface area contributed by atoms with Gasteiger partial charge in [0.05, 0.1) is 6.04 Å². The highest BCUT2D eigenvalue weighted by molar-refractivity contribution is 6.66. The molecule has 10 heteroatoms. The van der Waals surface area contributed by atoms with E-state index in [0.29, 0.717) is 10.5 Å². The zero-order chi connectivity index (χ0) is 16.4. The molecule has 0 radical (unpaired) electrons. The topological polar surface area (TPSA) is 150 Å². The van der Waals surface area contributed by atoms with Crippen LogP contribution >= 0.6 is 0 Å². The number of nitrogens with one attached hydrogen (secondary N) is 2. The molecule has 0 aromatic heterocycles. The Morgan fingerprint density at radius 2 is 2.09 bits per heavy atom. The van der Waals surface area contributed by atoms with Crippen LogP contribution in [0.5, 0.6) is 0 Å². The van der Waals surface area contributed by atoms with Gasteiger partial charge in [0.2, 0.25) is 0 Å². The number of rotatable bonds is 3. The number of halogens is 1. The van der Waals surface area contributed by atoms with Crippen molar-refractivity contribution >= 4 is 23.5 Å². The average Bonchev–Trinajstić information content (AvgIpc) is 2.47. The Balaban J connectivity index is 2.33. The summed E-state index contributed by atoms with van der Waals surface area (Å²) in [6.45, 7) is 0. The number of nitroso groups, excluding NO2 is 1. The van der Waals surface area contributed by atoms with Crippen molar-refractivity contribution in [3.05, 3.63) is 40.1 Å². The van der Waals surface area contributed by atoms with Crippen molar-refractivity contribution in [1.82, 2.24) is 4.90 Å². The van der Waals surface area contributed by atoms with E-state index >= 15 is 0 Å². The smallest absolute Gasteiger partial charge is 0.413 e. The van der Waals surface area contributed by atoms with Gasteiger partial charge in [-0.3, -0.25) is 15.7 Å². The van der Waals surface area contributed by atoms with Gasteiger partial charge in [-0.15, -0.1) is 4.91 Å². The molecule has 0 heterocycles. The Labute approximate surface area is 122 Å². The van der Waals surface area contributed by atoms with Crippen LogP contribution in [0.3, 0.4) is 0 Å². The summed E-state index contributed by atoms with van der Waals surface area (Å²) < 4.78 is 13.2. The van der Waals surface area contributed by atoms with Crippen molar-refractivity contribution in [3.8, 4) is 0 Å². The van der Waals surface area contributed by atoms with E-state index in [1.54, 1.807) is 0 Å². The van der Waals surface area contributed by atoms with Gasteiger partial charge < -0.3 is 10.3 Å². The molecule has 9 nitrogen and oxygen atoms in total.